The molecule has 0 aliphatic carbocycles. The number of anilines is 2. The molecular formula is C23H26ClN3O4. The van der Waals surface area contributed by atoms with Crippen molar-refractivity contribution in [2.75, 3.05) is 23.9 Å². The van der Waals surface area contributed by atoms with Gasteiger partial charge >= 0.3 is 0 Å². The molecule has 2 aromatic carbocycles. The maximum atomic E-state index is 12.9. The van der Waals surface area contributed by atoms with Crippen LogP contribution in [0.3, 0.4) is 0 Å². The Morgan fingerprint density at radius 2 is 1.90 bits per heavy atom. The van der Waals surface area contributed by atoms with Crippen LogP contribution in [-0.2, 0) is 9.59 Å². The Balaban J connectivity index is 1.73. The summed E-state index contributed by atoms with van der Waals surface area (Å²) in [6.45, 7) is 4.33. The monoisotopic (exact) mass is 443 g/mol. The Kier molecular flexibility index (Phi) is 7.17. The minimum absolute atomic E-state index is 0.0395. The topological polar surface area (TPSA) is 87.7 Å². The molecule has 0 saturated carbocycles. The molecule has 1 atom stereocenters. The number of hydrogen-bond donors (Lipinski definition) is 2. The highest BCUT2D eigenvalue weighted by atomic mass is 35.5. The first-order chi connectivity index (χ1) is 14.8. The summed E-state index contributed by atoms with van der Waals surface area (Å²) in [6, 6.07) is 11.1. The van der Waals surface area contributed by atoms with E-state index in [0.29, 0.717) is 40.7 Å². The fraction of sp³-hybridized carbons (Fsp3) is 0.348. The number of halogens is 1. The molecule has 1 aliphatic heterocycles. The van der Waals surface area contributed by atoms with Gasteiger partial charge in [0.1, 0.15) is 11.8 Å². The van der Waals surface area contributed by atoms with E-state index in [0.717, 1.165) is 6.42 Å². The van der Waals surface area contributed by atoms with Gasteiger partial charge < -0.3 is 20.3 Å². The number of para-hydroxylation sites is 1. The van der Waals surface area contributed by atoms with Crippen LogP contribution in [0.1, 0.15) is 37.0 Å². The number of carbonyl (C=O) groups excluding carboxylic acids is 3. The quantitative estimate of drug-likeness (QED) is 0.680. The smallest absolute Gasteiger partial charge is 0.255 e. The lowest BCUT2D eigenvalue weighted by atomic mass is 10.0. The molecule has 3 rings (SSSR count). The van der Waals surface area contributed by atoms with Crippen molar-refractivity contribution in [1.82, 2.24) is 5.32 Å². The first-order valence-corrected chi connectivity index (χ1v) is 10.5. The van der Waals surface area contributed by atoms with E-state index in [-0.39, 0.29) is 17.7 Å². The highest BCUT2D eigenvalue weighted by Gasteiger charge is 2.27. The third-order valence-corrected chi connectivity index (χ3v) is 5.47. The molecule has 0 aromatic heterocycles. The summed E-state index contributed by atoms with van der Waals surface area (Å²) >= 11 is 6.37. The SMILES string of the molecule is COc1ccccc1C(=O)NC(C(=O)Nc1ccc(N2CCCC2=O)c(Cl)c1)C(C)C. The van der Waals surface area contributed by atoms with Gasteiger partial charge in [-0.2, -0.15) is 0 Å². The van der Waals surface area contributed by atoms with Crippen LogP contribution >= 0.6 is 11.6 Å². The van der Waals surface area contributed by atoms with Crippen LogP contribution in [0.15, 0.2) is 42.5 Å². The van der Waals surface area contributed by atoms with Crippen molar-refractivity contribution in [3.05, 3.63) is 53.1 Å². The maximum Gasteiger partial charge on any atom is 0.255 e. The number of hydrogen-bond acceptors (Lipinski definition) is 4. The fourth-order valence-electron chi connectivity index (χ4n) is 3.51. The van der Waals surface area contributed by atoms with Crippen molar-refractivity contribution in [2.45, 2.75) is 32.7 Å². The molecule has 0 radical (unpaired) electrons. The predicted octanol–water partition coefficient (Wildman–Crippen LogP) is 3.87. The van der Waals surface area contributed by atoms with E-state index in [2.05, 4.69) is 10.6 Å². The molecule has 2 aromatic rings. The molecule has 1 fully saturated rings. The molecule has 1 saturated heterocycles. The van der Waals surface area contributed by atoms with Crippen molar-refractivity contribution >= 4 is 40.7 Å². The zero-order chi connectivity index (χ0) is 22.5. The lowest BCUT2D eigenvalue weighted by molar-refractivity contribution is -0.119. The molecule has 1 heterocycles. The first kappa shape index (κ1) is 22.6. The highest BCUT2D eigenvalue weighted by Crippen LogP contribution is 2.31. The molecule has 164 valence electrons. The number of carbonyl (C=O) groups is 3. The standard InChI is InChI=1S/C23H26ClN3O4/c1-14(2)21(26-22(29)16-7-4-5-8-19(16)31-3)23(30)25-15-10-11-18(17(24)13-15)27-12-6-9-20(27)28/h4-5,7-8,10-11,13-14,21H,6,9,12H2,1-3H3,(H,25,30)(H,26,29). The second-order valence-corrected chi connectivity index (χ2v) is 8.11. The van der Waals surface area contributed by atoms with E-state index in [4.69, 9.17) is 16.3 Å². The van der Waals surface area contributed by atoms with Gasteiger partial charge in [-0.05, 0) is 42.7 Å². The molecule has 7 nitrogen and oxygen atoms in total. The number of methoxy groups -OCH3 is 1. The van der Waals surface area contributed by atoms with E-state index in [1.807, 2.05) is 13.8 Å². The zero-order valence-electron chi connectivity index (χ0n) is 17.8. The Morgan fingerprint density at radius 1 is 1.16 bits per heavy atom. The third kappa shape index (κ3) is 5.17. The Hall–Kier alpha value is -3.06. The molecule has 0 spiro atoms. The molecule has 1 unspecified atom stereocenters. The van der Waals surface area contributed by atoms with E-state index in [9.17, 15) is 14.4 Å². The summed E-state index contributed by atoms with van der Waals surface area (Å²) in [5.74, 6) is -0.443. The summed E-state index contributed by atoms with van der Waals surface area (Å²) < 4.78 is 5.23. The van der Waals surface area contributed by atoms with Gasteiger partial charge in [0.15, 0.2) is 0 Å². The summed E-state index contributed by atoms with van der Waals surface area (Å²) in [6.07, 6.45) is 1.31. The van der Waals surface area contributed by atoms with Gasteiger partial charge in [-0.3, -0.25) is 14.4 Å². The predicted molar refractivity (Wildman–Crippen MR) is 121 cm³/mol. The third-order valence-electron chi connectivity index (χ3n) is 5.17. The number of nitrogens with one attached hydrogen (secondary N) is 2. The second kappa shape index (κ2) is 9.83. The summed E-state index contributed by atoms with van der Waals surface area (Å²) in [5.41, 5.74) is 1.47. The minimum Gasteiger partial charge on any atom is -0.496 e. The van der Waals surface area contributed by atoms with Crippen LogP contribution in [0.5, 0.6) is 5.75 Å². The van der Waals surface area contributed by atoms with E-state index < -0.39 is 11.9 Å². The molecule has 8 heteroatoms. The molecular weight excluding hydrogens is 418 g/mol. The van der Waals surface area contributed by atoms with Crippen molar-refractivity contribution in [2.24, 2.45) is 5.92 Å². The van der Waals surface area contributed by atoms with Gasteiger partial charge in [-0.15, -0.1) is 0 Å². The molecule has 2 N–H and O–H groups in total. The lowest BCUT2D eigenvalue weighted by Crippen LogP contribution is -2.47. The van der Waals surface area contributed by atoms with Crippen molar-refractivity contribution in [3.63, 3.8) is 0 Å². The van der Waals surface area contributed by atoms with Crippen molar-refractivity contribution in [1.29, 1.82) is 0 Å². The van der Waals surface area contributed by atoms with Crippen molar-refractivity contribution < 1.29 is 19.1 Å². The van der Waals surface area contributed by atoms with Gasteiger partial charge in [0.05, 0.1) is 23.4 Å². The Bertz CT molecular complexity index is 993. The minimum atomic E-state index is -0.768. The number of nitrogens with zero attached hydrogens (tertiary/aromatic N) is 1. The average molecular weight is 444 g/mol. The summed E-state index contributed by atoms with van der Waals surface area (Å²) in [4.78, 5) is 39.3. The van der Waals surface area contributed by atoms with E-state index in [1.54, 1.807) is 47.4 Å². The zero-order valence-corrected chi connectivity index (χ0v) is 18.5. The van der Waals surface area contributed by atoms with Crippen molar-refractivity contribution in [3.8, 4) is 5.75 Å². The van der Waals surface area contributed by atoms with E-state index in [1.165, 1.54) is 7.11 Å². The number of amides is 3. The average Bonchev–Trinajstić information content (AvgIpc) is 3.17. The van der Waals surface area contributed by atoms with Crippen LogP contribution < -0.4 is 20.3 Å². The van der Waals surface area contributed by atoms with Crippen LogP contribution in [0.4, 0.5) is 11.4 Å². The number of ether oxygens (including phenoxy) is 1. The summed E-state index contributed by atoms with van der Waals surface area (Å²) in [5, 5.41) is 5.97. The number of benzene rings is 2. The van der Waals surface area contributed by atoms with Gasteiger partial charge in [0.25, 0.3) is 5.91 Å². The van der Waals surface area contributed by atoms with Crippen LogP contribution in [0.25, 0.3) is 0 Å². The Morgan fingerprint density at radius 3 is 2.52 bits per heavy atom. The molecule has 0 bridgehead atoms. The molecule has 1 aliphatic rings. The van der Waals surface area contributed by atoms with Gasteiger partial charge in [-0.1, -0.05) is 37.6 Å². The second-order valence-electron chi connectivity index (χ2n) is 7.70. The van der Waals surface area contributed by atoms with Crippen LogP contribution in [-0.4, -0.2) is 37.4 Å². The normalized spacial score (nSPS) is 14.5. The lowest BCUT2D eigenvalue weighted by Gasteiger charge is -2.23. The maximum absolute atomic E-state index is 12.9. The highest BCUT2D eigenvalue weighted by molar-refractivity contribution is 6.34. The fourth-order valence-corrected chi connectivity index (χ4v) is 3.80. The summed E-state index contributed by atoms with van der Waals surface area (Å²) in [7, 11) is 1.49. The number of rotatable bonds is 7. The van der Waals surface area contributed by atoms with Crippen LogP contribution in [0, 0.1) is 5.92 Å². The molecule has 31 heavy (non-hydrogen) atoms. The van der Waals surface area contributed by atoms with E-state index >= 15 is 0 Å². The van der Waals surface area contributed by atoms with Gasteiger partial charge in [0.2, 0.25) is 11.8 Å². The molecule has 3 amide bonds. The largest absolute Gasteiger partial charge is 0.496 e. The Labute approximate surface area is 186 Å². The van der Waals surface area contributed by atoms with Gasteiger partial charge in [-0.25, -0.2) is 0 Å². The van der Waals surface area contributed by atoms with Crippen LogP contribution in [0.2, 0.25) is 5.02 Å². The first-order valence-electron chi connectivity index (χ1n) is 10.2. The van der Waals surface area contributed by atoms with Gasteiger partial charge in [0, 0.05) is 18.7 Å².